The maximum atomic E-state index is 12.2. The van der Waals surface area contributed by atoms with E-state index < -0.39 is 12.6 Å². The van der Waals surface area contributed by atoms with Crippen molar-refractivity contribution in [3.63, 3.8) is 0 Å². The first-order valence-electron chi connectivity index (χ1n) is 6.41. The molecule has 0 saturated heterocycles. The van der Waals surface area contributed by atoms with Gasteiger partial charge in [0.25, 0.3) is 0 Å². The fourth-order valence-electron chi connectivity index (χ4n) is 2.07. The van der Waals surface area contributed by atoms with E-state index in [0.717, 1.165) is 17.0 Å². The van der Waals surface area contributed by atoms with Crippen molar-refractivity contribution in [1.29, 1.82) is 0 Å². The fraction of sp³-hybridized carbons (Fsp3) is 0.571. The quantitative estimate of drug-likeness (QED) is 0.725. The summed E-state index contributed by atoms with van der Waals surface area (Å²) >= 11 is 1.63. The minimum atomic E-state index is -4.06. The Labute approximate surface area is 117 Å². The number of rotatable bonds is 7. The molecule has 0 radical (unpaired) electrons. The molecule has 1 atom stereocenters. The predicted molar refractivity (Wildman–Crippen MR) is 74.5 cm³/mol. The van der Waals surface area contributed by atoms with Gasteiger partial charge in [-0.1, -0.05) is 25.1 Å². The molecule has 0 aromatic heterocycles. The van der Waals surface area contributed by atoms with Gasteiger partial charge in [-0.15, -0.1) is 11.8 Å². The maximum Gasteiger partial charge on any atom is 0.389 e. The molecule has 1 nitrogen and oxygen atoms in total. The number of thioether (sulfide) groups is 1. The minimum Gasteiger partial charge on any atom is -0.310 e. The summed E-state index contributed by atoms with van der Waals surface area (Å²) in [4.78, 5) is 1.13. The molecule has 0 fully saturated rings. The van der Waals surface area contributed by atoms with Crippen LogP contribution >= 0.6 is 11.8 Å². The van der Waals surface area contributed by atoms with Gasteiger partial charge in [-0.3, -0.25) is 0 Å². The zero-order valence-corrected chi connectivity index (χ0v) is 12.1. The first-order chi connectivity index (χ1) is 8.98. The van der Waals surface area contributed by atoms with E-state index in [2.05, 4.69) is 5.32 Å². The third-order valence-electron chi connectivity index (χ3n) is 2.92. The molecule has 0 aliphatic heterocycles. The number of nitrogens with one attached hydrogen (secondary N) is 1. The van der Waals surface area contributed by atoms with Crippen molar-refractivity contribution >= 4 is 11.8 Å². The smallest absolute Gasteiger partial charge is 0.310 e. The van der Waals surface area contributed by atoms with Gasteiger partial charge < -0.3 is 5.32 Å². The van der Waals surface area contributed by atoms with Gasteiger partial charge in [0, 0.05) is 17.4 Å². The Bertz CT molecular complexity index is 379. The Morgan fingerprint density at radius 3 is 2.53 bits per heavy atom. The summed E-state index contributed by atoms with van der Waals surface area (Å²) in [5.74, 6) is 0. The summed E-state index contributed by atoms with van der Waals surface area (Å²) in [7, 11) is 0. The zero-order chi connectivity index (χ0) is 14.3. The lowest BCUT2D eigenvalue weighted by Gasteiger charge is -2.21. The first-order valence-corrected chi connectivity index (χ1v) is 7.63. The van der Waals surface area contributed by atoms with Crippen LogP contribution in [0.15, 0.2) is 29.2 Å². The molecular weight excluding hydrogens is 271 g/mol. The SMILES string of the molecule is CCNC(CCCC(F)(F)F)c1ccccc1SC. The van der Waals surface area contributed by atoms with Gasteiger partial charge in [0.1, 0.15) is 0 Å². The summed E-state index contributed by atoms with van der Waals surface area (Å²) in [6.45, 7) is 2.72. The Kier molecular flexibility index (Phi) is 6.72. The maximum absolute atomic E-state index is 12.2. The topological polar surface area (TPSA) is 12.0 Å². The molecule has 0 aliphatic rings. The number of hydrogen-bond donors (Lipinski definition) is 1. The fourth-order valence-corrected chi connectivity index (χ4v) is 2.74. The Morgan fingerprint density at radius 2 is 1.95 bits per heavy atom. The van der Waals surface area contributed by atoms with E-state index in [-0.39, 0.29) is 12.5 Å². The lowest BCUT2D eigenvalue weighted by Crippen LogP contribution is -2.22. The lowest BCUT2D eigenvalue weighted by molar-refractivity contribution is -0.135. The average Bonchev–Trinajstić information content (AvgIpc) is 2.36. The Balaban J connectivity index is 2.71. The molecule has 5 heteroatoms. The molecule has 1 N–H and O–H groups in total. The second-order valence-corrected chi connectivity index (χ2v) is 5.21. The van der Waals surface area contributed by atoms with E-state index in [9.17, 15) is 13.2 Å². The summed E-state index contributed by atoms with van der Waals surface area (Å²) in [5.41, 5.74) is 1.10. The van der Waals surface area contributed by atoms with E-state index >= 15 is 0 Å². The number of halogens is 3. The molecular formula is C14H20F3NS. The third-order valence-corrected chi connectivity index (χ3v) is 3.73. The highest BCUT2D eigenvalue weighted by atomic mass is 32.2. The highest BCUT2D eigenvalue weighted by molar-refractivity contribution is 7.98. The average molecular weight is 291 g/mol. The molecule has 108 valence electrons. The van der Waals surface area contributed by atoms with E-state index in [1.807, 2.05) is 37.4 Å². The first kappa shape index (κ1) is 16.4. The third kappa shape index (κ3) is 5.87. The molecule has 0 amide bonds. The van der Waals surface area contributed by atoms with Gasteiger partial charge >= 0.3 is 6.18 Å². The van der Waals surface area contributed by atoms with Crippen LogP contribution in [0.25, 0.3) is 0 Å². The highest BCUT2D eigenvalue weighted by Crippen LogP contribution is 2.30. The predicted octanol–water partition coefficient (Wildman–Crippen LogP) is 4.79. The molecule has 0 spiro atoms. The van der Waals surface area contributed by atoms with Gasteiger partial charge in [0.2, 0.25) is 0 Å². The zero-order valence-electron chi connectivity index (χ0n) is 11.3. The van der Waals surface area contributed by atoms with Crippen LogP contribution in [-0.4, -0.2) is 19.0 Å². The largest absolute Gasteiger partial charge is 0.389 e. The highest BCUT2D eigenvalue weighted by Gasteiger charge is 2.27. The van der Waals surface area contributed by atoms with Gasteiger partial charge in [0.05, 0.1) is 0 Å². The summed E-state index contributed by atoms with van der Waals surface area (Å²) in [6.07, 6.45) is -2.13. The number of benzene rings is 1. The standard InChI is InChI=1S/C14H20F3NS/c1-3-18-12(8-6-10-14(15,16)17)11-7-4-5-9-13(11)19-2/h4-5,7,9,12,18H,3,6,8,10H2,1-2H3. The van der Waals surface area contributed by atoms with E-state index in [1.54, 1.807) is 11.8 Å². The van der Waals surface area contributed by atoms with Crippen LogP contribution in [0.2, 0.25) is 0 Å². The van der Waals surface area contributed by atoms with E-state index in [1.165, 1.54) is 0 Å². The van der Waals surface area contributed by atoms with Crippen LogP contribution in [0.3, 0.4) is 0 Å². The summed E-state index contributed by atoms with van der Waals surface area (Å²) in [5, 5.41) is 3.28. The van der Waals surface area contributed by atoms with Crippen molar-refractivity contribution < 1.29 is 13.2 Å². The van der Waals surface area contributed by atoms with Crippen molar-refractivity contribution in [2.75, 3.05) is 12.8 Å². The van der Waals surface area contributed by atoms with Gasteiger partial charge in [-0.25, -0.2) is 0 Å². The molecule has 0 saturated carbocycles. The van der Waals surface area contributed by atoms with Gasteiger partial charge in [-0.2, -0.15) is 13.2 Å². The van der Waals surface area contributed by atoms with Crippen molar-refractivity contribution in [3.05, 3.63) is 29.8 Å². The second kappa shape index (κ2) is 7.80. The molecule has 1 aromatic rings. The Morgan fingerprint density at radius 1 is 1.26 bits per heavy atom. The summed E-state index contributed by atoms with van der Waals surface area (Å²) < 4.78 is 36.6. The molecule has 19 heavy (non-hydrogen) atoms. The van der Waals surface area contributed by atoms with E-state index in [4.69, 9.17) is 0 Å². The van der Waals surface area contributed by atoms with Crippen LogP contribution in [0, 0.1) is 0 Å². The van der Waals surface area contributed by atoms with Gasteiger partial charge in [-0.05, 0) is 37.3 Å². The van der Waals surface area contributed by atoms with Crippen molar-refractivity contribution in [2.24, 2.45) is 0 Å². The van der Waals surface area contributed by atoms with Crippen LogP contribution in [0.1, 0.15) is 37.8 Å². The molecule has 0 aliphatic carbocycles. The van der Waals surface area contributed by atoms with Crippen LogP contribution in [-0.2, 0) is 0 Å². The number of hydrogen-bond acceptors (Lipinski definition) is 2. The molecule has 1 unspecified atom stereocenters. The molecule has 1 aromatic carbocycles. The van der Waals surface area contributed by atoms with E-state index in [0.29, 0.717) is 6.42 Å². The normalized spacial score (nSPS) is 13.5. The monoisotopic (exact) mass is 291 g/mol. The molecule has 0 bridgehead atoms. The minimum absolute atomic E-state index is 0.00370. The van der Waals surface area contributed by atoms with Crippen molar-refractivity contribution in [2.45, 2.75) is 43.3 Å². The Hall–Kier alpha value is -0.680. The molecule has 0 heterocycles. The summed E-state index contributed by atoms with van der Waals surface area (Å²) in [6, 6.07) is 7.88. The van der Waals surface area contributed by atoms with Crippen molar-refractivity contribution in [3.8, 4) is 0 Å². The molecule has 1 rings (SSSR count). The second-order valence-electron chi connectivity index (χ2n) is 4.36. The van der Waals surface area contributed by atoms with Crippen molar-refractivity contribution in [1.82, 2.24) is 5.32 Å². The van der Waals surface area contributed by atoms with Gasteiger partial charge in [0.15, 0.2) is 0 Å². The van der Waals surface area contributed by atoms with Crippen LogP contribution in [0.4, 0.5) is 13.2 Å². The lowest BCUT2D eigenvalue weighted by atomic mass is 10.0. The van der Waals surface area contributed by atoms with Crippen LogP contribution in [0.5, 0.6) is 0 Å². The number of alkyl halides is 3. The van der Waals surface area contributed by atoms with Crippen LogP contribution < -0.4 is 5.32 Å².